The van der Waals surface area contributed by atoms with Crippen LogP contribution in [0, 0.1) is 11.7 Å². The molecular weight excluding hydrogens is 448 g/mol. The molecule has 1 saturated heterocycles. The summed E-state index contributed by atoms with van der Waals surface area (Å²) in [5.41, 5.74) is -4.24. The number of hydrogen-bond acceptors (Lipinski definition) is 5. The summed E-state index contributed by atoms with van der Waals surface area (Å²) >= 11 is 0. The molecule has 1 aliphatic heterocycles. The highest BCUT2D eigenvalue weighted by Crippen LogP contribution is 2.47. The van der Waals surface area contributed by atoms with E-state index in [0.717, 1.165) is 16.6 Å². The van der Waals surface area contributed by atoms with E-state index >= 15 is 4.39 Å². The first kappa shape index (κ1) is 22.5. The van der Waals surface area contributed by atoms with Crippen molar-refractivity contribution in [1.29, 1.82) is 0 Å². The topological polar surface area (TPSA) is 87.6 Å². The van der Waals surface area contributed by atoms with Gasteiger partial charge in [0.05, 0.1) is 18.1 Å². The Hall–Kier alpha value is -2.70. The lowest BCUT2D eigenvalue weighted by molar-refractivity contribution is -0.217. The lowest BCUT2D eigenvalue weighted by Gasteiger charge is -2.27. The molecule has 2 heterocycles. The summed E-state index contributed by atoms with van der Waals surface area (Å²) in [5, 5.41) is 8.83. The highest BCUT2D eigenvalue weighted by atomic mass is 19.4. The third-order valence-corrected chi connectivity index (χ3v) is 5.95. The summed E-state index contributed by atoms with van der Waals surface area (Å²) in [6.07, 6.45) is -10.2. The second-order valence-corrected chi connectivity index (χ2v) is 7.98. The first-order chi connectivity index (χ1) is 15.0. The smallest absolute Gasteiger partial charge is 0.414 e. The highest BCUT2D eigenvalue weighted by Gasteiger charge is 2.46. The van der Waals surface area contributed by atoms with Crippen LogP contribution in [0.3, 0.4) is 0 Å². The summed E-state index contributed by atoms with van der Waals surface area (Å²) in [5.74, 6) is -3.23. The quantitative estimate of drug-likeness (QED) is 0.661. The minimum atomic E-state index is -4.90. The zero-order chi connectivity index (χ0) is 23.5. The molecule has 32 heavy (non-hydrogen) atoms. The molecule has 2 fully saturated rings. The molecule has 1 aliphatic carbocycles. The van der Waals surface area contributed by atoms with Gasteiger partial charge in [-0.15, -0.1) is 0 Å². The molecule has 2 N–H and O–H groups in total. The van der Waals surface area contributed by atoms with E-state index in [1.807, 2.05) is 4.98 Å². The van der Waals surface area contributed by atoms with Crippen molar-refractivity contribution in [3.63, 3.8) is 0 Å². The van der Waals surface area contributed by atoms with Gasteiger partial charge in [-0.3, -0.25) is 14.3 Å². The first-order valence-electron chi connectivity index (χ1n) is 9.83. The van der Waals surface area contributed by atoms with Crippen molar-refractivity contribution in [1.82, 2.24) is 9.55 Å². The molecule has 1 aromatic heterocycles. The average molecular weight is 467 g/mol. The zero-order valence-corrected chi connectivity index (χ0v) is 16.7. The van der Waals surface area contributed by atoms with Crippen LogP contribution in [-0.4, -0.2) is 47.1 Å². The Morgan fingerprint density at radius 3 is 2.38 bits per heavy atom. The van der Waals surface area contributed by atoms with Crippen LogP contribution in [0.5, 0.6) is 5.75 Å². The van der Waals surface area contributed by atoms with Crippen molar-refractivity contribution in [2.45, 2.75) is 44.0 Å². The van der Waals surface area contributed by atoms with Gasteiger partial charge in [0.15, 0.2) is 17.7 Å². The van der Waals surface area contributed by atoms with Gasteiger partial charge in [0, 0.05) is 25.0 Å². The standard InChI is InChI=1S/C19H19F6N3O4/c1-32-14-12-10(17(30)26-18(31)28(12)8-2-3-8)9(16(21)22)11(20)13(14)27-5-4-7(6-27)15(29)19(23,24)25/h7-8,15-16,29H,2-6H2,1H3,(H,26,30,31). The van der Waals surface area contributed by atoms with Gasteiger partial charge in [-0.2, -0.15) is 13.2 Å². The van der Waals surface area contributed by atoms with Crippen molar-refractivity contribution in [3.8, 4) is 5.75 Å². The van der Waals surface area contributed by atoms with Crippen molar-refractivity contribution in [3.05, 3.63) is 32.2 Å². The number of aromatic amines is 1. The molecule has 1 saturated carbocycles. The Bertz CT molecular complexity index is 1170. The number of anilines is 1. The molecule has 13 heteroatoms. The summed E-state index contributed by atoms with van der Waals surface area (Å²) in [6.45, 7) is -0.672. The maximum absolute atomic E-state index is 15.4. The molecule has 2 unspecified atom stereocenters. The lowest BCUT2D eigenvalue weighted by Crippen LogP contribution is -2.37. The van der Waals surface area contributed by atoms with Gasteiger partial charge in [-0.1, -0.05) is 0 Å². The van der Waals surface area contributed by atoms with Crippen molar-refractivity contribution >= 4 is 16.6 Å². The van der Waals surface area contributed by atoms with E-state index in [4.69, 9.17) is 4.74 Å². The number of rotatable bonds is 5. The fraction of sp³-hybridized carbons (Fsp3) is 0.579. The first-order valence-corrected chi connectivity index (χ1v) is 9.83. The molecule has 2 aromatic rings. The Balaban J connectivity index is 1.98. The number of H-pyrrole nitrogens is 1. The molecule has 1 aromatic carbocycles. The van der Waals surface area contributed by atoms with Gasteiger partial charge < -0.3 is 14.7 Å². The molecule has 176 valence electrons. The number of aliphatic hydroxyl groups excluding tert-OH is 1. The van der Waals surface area contributed by atoms with Gasteiger partial charge in [-0.25, -0.2) is 18.0 Å². The number of alkyl halides is 5. The van der Waals surface area contributed by atoms with Crippen LogP contribution in [0.1, 0.15) is 37.3 Å². The van der Waals surface area contributed by atoms with Gasteiger partial charge in [0.1, 0.15) is 11.2 Å². The summed E-state index contributed by atoms with van der Waals surface area (Å²) in [4.78, 5) is 27.9. The largest absolute Gasteiger partial charge is 0.492 e. The molecule has 0 amide bonds. The number of nitrogens with zero attached hydrogens (tertiary/aromatic N) is 2. The number of ether oxygens (including phenoxy) is 1. The van der Waals surface area contributed by atoms with E-state index in [1.165, 1.54) is 0 Å². The van der Waals surface area contributed by atoms with Gasteiger partial charge in [0.2, 0.25) is 0 Å². The van der Waals surface area contributed by atoms with E-state index < -0.39 is 70.9 Å². The second kappa shape index (κ2) is 7.71. The minimum Gasteiger partial charge on any atom is -0.492 e. The Morgan fingerprint density at radius 2 is 1.84 bits per heavy atom. The number of nitrogens with one attached hydrogen (secondary N) is 1. The van der Waals surface area contributed by atoms with E-state index in [-0.39, 0.29) is 24.2 Å². The second-order valence-electron chi connectivity index (χ2n) is 7.98. The number of methoxy groups -OCH3 is 1. The third kappa shape index (κ3) is 3.51. The fourth-order valence-corrected chi connectivity index (χ4v) is 4.35. The van der Waals surface area contributed by atoms with Crippen molar-refractivity contribution < 1.29 is 36.2 Å². The highest BCUT2D eigenvalue weighted by molar-refractivity contribution is 5.94. The molecular formula is C19H19F6N3O4. The summed E-state index contributed by atoms with van der Waals surface area (Å²) in [6, 6.07) is -0.419. The van der Waals surface area contributed by atoms with E-state index in [0.29, 0.717) is 12.8 Å². The minimum absolute atomic E-state index is 0.184. The molecule has 2 atom stereocenters. The number of fused-ring (bicyclic) bond motifs is 1. The Morgan fingerprint density at radius 1 is 1.19 bits per heavy atom. The van der Waals surface area contributed by atoms with Gasteiger partial charge >= 0.3 is 11.9 Å². The van der Waals surface area contributed by atoms with Crippen LogP contribution < -0.4 is 20.9 Å². The zero-order valence-electron chi connectivity index (χ0n) is 16.7. The summed E-state index contributed by atoms with van der Waals surface area (Å²) in [7, 11) is 1.08. The SMILES string of the molecule is COc1c(N2CCC(C(O)C(F)(F)F)C2)c(F)c(C(F)F)c2c(=O)[nH]c(=O)n(C3CC3)c12. The molecule has 2 aliphatic rings. The predicted molar refractivity (Wildman–Crippen MR) is 101 cm³/mol. The number of halogens is 6. The Labute approximate surface area is 176 Å². The average Bonchev–Trinajstić information content (AvgIpc) is 3.41. The van der Waals surface area contributed by atoms with Crippen LogP contribution in [0.2, 0.25) is 0 Å². The monoisotopic (exact) mass is 467 g/mol. The Kier molecular flexibility index (Phi) is 5.42. The van der Waals surface area contributed by atoms with Crippen LogP contribution in [-0.2, 0) is 0 Å². The number of benzene rings is 1. The molecule has 0 radical (unpaired) electrons. The maximum Gasteiger partial charge on any atom is 0.414 e. The van der Waals surface area contributed by atoms with Crippen LogP contribution in [0.25, 0.3) is 10.9 Å². The lowest BCUT2D eigenvalue weighted by atomic mass is 10.0. The number of aromatic nitrogens is 2. The molecule has 0 spiro atoms. The molecule has 4 rings (SSSR count). The predicted octanol–water partition coefficient (Wildman–Crippen LogP) is 2.86. The van der Waals surface area contributed by atoms with E-state index in [9.17, 15) is 36.6 Å². The summed E-state index contributed by atoms with van der Waals surface area (Å²) < 4.78 is 88.4. The number of hydrogen-bond donors (Lipinski definition) is 2. The van der Waals surface area contributed by atoms with Crippen molar-refractivity contribution in [2.75, 3.05) is 25.1 Å². The number of aliphatic hydroxyl groups is 1. The third-order valence-electron chi connectivity index (χ3n) is 5.95. The van der Waals surface area contributed by atoms with Crippen LogP contribution >= 0.6 is 0 Å². The molecule has 7 nitrogen and oxygen atoms in total. The van der Waals surface area contributed by atoms with Crippen LogP contribution in [0.4, 0.5) is 32.0 Å². The fourth-order valence-electron chi connectivity index (χ4n) is 4.35. The van der Waals surface area contributed by atoms with E-state index in [1.54, 1.807) is 0 Å². The van der Waals surface area contributed by atoms with Gasteiger partial charge in [-0.05, 0) is 19.3 Å². The normalized spacial score (nSPS) is 20.4. The maximum atomic E-state index is 15.4. The van der Waals surface area contributed by atoms with Crippen LogP contribution in [0.15, 0.2) is 9.59 Å². The van der Waals surface area contributed by atoms with Crippen molar-refractivity contribution in [2.24, 2.45) is 5.92 Å². The van der Waals surface area contributed by atoms with E-state index in [2.05, 4.69) is 0 Å². The molecule has 0 bridgehead atoms. The van der Waals surface area contributed by atoms with Gasteiger partial charge in [0.25, 0.3) is 12.0 Å².